The summed E-state index contributed by atoms with van der Waals surface area (Å²) in [7, 11) is 0. The van der Waals surface area contributed by atoms with Gasteiger partial charge in [0, 0.05) is 11.1 Å². The standard InChI is InChI=1S/C20H18O9/c21-7-12-16(24)18(26)19(27)20(29-12)28-11-6-2-4-9-14(11)17(25)13-8(15(9)23)3-1-5-10(13)22/h1-6,12,16,18-22,24,26-27H,7H2/t12-,16-,18+,19-,20-/m1/s1. The SMILES string of the molecule is O=C1c2cccc(O)c2C(=O)c2c(O[C@@H]3O[C@H](CO)[C@@H](O)[C@H](O)[C@H]3O)cccc21. The fourth-order valence-electron chi connectivity index (χ4n) is 3.58. The Morgan fingerprint density at radius 2 is 1.52 bits per heavy atom. The van der Waals surface area contributed by atoms with Crippen LogP contribution in [0.15, 0.2) is 36.4 Å². The molecule has 0 spiro atoms. The smallest absolute Gasteiger partial charge is 0.229 e. The molecule has 1 aliphatic carbocycles. The lowest BCUT2D eigenvalue weighted by atomic mass is 9.83. The Hall–Kier alpha value is -2.82. The first-order chi connectivity index (χ1) is 13.8. The number of aliphatic hydroxyl groups is 4. The number of aliphatic hydroxyl groups excluding tert-OH is 4. The number of ether oxygens (including phenoxy) is 2. The molecule has 1 saturated heterocycles. The van der Waals surface area contributed by atoms with E-state index >= 15 is 0 Å². The number of aromatic hydroxyl groups is 1. The molecule has 9 nitrogen and oxygen atoms in total. The van der Waals surface area contributed by atoms with Crippen LogP contribution in [0.25, 0.3) is 0 Å². The first-order valence-corrected chi connectivity index (χ1v) is 8.86. The summed E-state index contributed by atoms with van der Waals surface area (Å²) in [6.45, 7) is -0.642. The average Bonchev–Trinajstić information content (AvgIpc) is 2.72. The van der Waals surface area contributed by atoms with Gasteiger partial charge in [0.05, 0.1) is 17.7 Å². The van der Waals surface area contributed by atoms with Crippen LogP contribution in [0.5, 0.6) is 11.5 Å². The summed E-state index contributed by atoms with van der Waals surface area (Å²) in [5, 5.41) is 49.4. The number of phenols is 1. The monoisotopic (exact) mass is 402 g/mol. The second kappa shape index (κ2) is 7.21. The van der Waals surface area contributed by atoms with Crippen molar-refractivity contribution in [3.8, 4) is 11.5 Å². The van der Waals surface area contributed by atoms with Gasteiger partial charge < -0.3 is 35.0 Å². The predicted octanol–water partition coefficient (Wildman–Crippen LogP) is -0.654. The number of hydrogen-bond donors (Lipinski definition) is 5. The first kappa shape index (κ1) is 19.5. The number of ketones is 2. The van der Waals surface area contributed by atoms with E-state index < -0.39 is 48.9 Å². The lowest BCUT2D eigenvalue weighted by Crippen LogP contribution is -2.60. The van der Waals surface area contributed by atoms with Gasteiger partial charge in [-0.05, 0) is 12.1 Å². The van der Waals surface area contributed by atoms with Crippen molar-refractivity contribution in [1.82, 2.24) is 0 Å². The molecular formula is C20H18O9. The molecule has 0 amide bonds. The van der Waals surface area contributed by atoms with Crippen LogP contribution in [0.4, 0.5) is 0 Å². The van der Waals surface area contributed by atoms with Crippen LogP contribution in [0.1, 0.15) is 31.8 Å². The van der Waals surface area contributed by atoms with Crippen LogP contribution < -0.4 is 4.74 Å². The molecule has 4 rings (SSSR count). The summed E-state index contributed by atoms with van der Waals surface area (Å²) < 4.78 is 10.9. The molecule has 0 radical (unpaired) electrons. The Kier molecular flexibility index (Phi) is 4.85. The van der Waals surface area contributed by atoms with Gasteiger partial charge in [0.2, 0.25) is 12.1 Å². The third-order valence-corrected chi connectivity index (χ3v) is 5.10. The lowest BCUT2D eigenvalue weighted by molar-refractivity contribution is -0.277. The minimum absolute atomic E-state index is 0.0511. The maximum atomic E-state index is 13.0. The summed E-state index contributed by atoms with van der Waals surface area (Å²) in [5.74, 6) is -1.59. The lowest BCUT2D eigenvalue weighted by Gasteiger charge is -2.39. The molecule has 152 valence electrons. The maximum Gasteiger partial charge on any atom is 0.229 e. The highest BCUT2D eigenvalue weighted by molar-refractivity contribution is 6.30. The first-order valence-electron chi connectivity index (χ1n) is 8.86. The molecule has 5 N–H and O–H groups in total. The number of carbonyl (C=O) groups excluding carboxylic acids is 2. The fraction of sp³-hybridized carbons (Fsp3) is 0.300. The zero-order chi connectivity index (χ0) is 20.9. The van der Waals surface area contributed by atoms with Crippen molar-refractivity contribution in [1.29, 1.82) is 0 Å². The normalized spacial score (nSPS) is 28.6. The highest BCUT2D eigenvalue weighted by Gasteiger charge is 2.45. The zero-order valence-corrected chi connectivity index (χ0v) is 14.9. The van der Waals surface area contributed by atoms with Crippen LogP contribution in [-0.2, 0) is 4.74 Å². The molecule has 0 saturated carbocycles. The molecule has 0 unspecified atom stereocenters. The van der Waals surface area contributed by atoms with Gasteiger partial charge in [0.15, 0.2) is 5.78 Å². The quantitative estimate of drug-likeness (QED) is 0.384. The molecule has 29 heavy (non-hydrogen) atoms. The van der Waals surface area contributed by atoms with E-state index in [0.29, 0.717) is 0 Å². The van der Waals surface area contributed by atoms with E-state index in [9.17, 15) is 35.1 Å². The van der Waals surface area contributed by atoms with Gasteiger partial charge in [0.1, 0.15) is 35.9 Å². The fourth-order valence-corrected chi connectivity index (χ4v) is 3.58. The van der Waals surface area contributed by atoms with Crippen LogP contribution in [0.2, 0.25) is 0 Å². The summed E-state index contributed by atoms with van der Waals surface area (Å²) >= 11 is 0. The van der Waals surface area contributed by atoms with E-state index in [1.807, 2.05) is 0 Å². The Balaban J connectivity index is 1.74. The Bertz CT molecular complexity index is 984. The number of phenolic OH excluding ortho intramolecular Hbond substituents is 1. The summed E-state index contributed by atoms with van der Waals surface area (Å²) in [4.78, 5) is 25.8. The minimum atomic E-state index is -1.68. The van der Waals surface area contributed by atoms with Crippen LogP contribution >= 0.6 is 0 Å². The molecule has 9 heteroatoms. The van der Waals surface area contributed by atoms with E-state index in [1.54, 1.807) is 0 Å². The second-order valence-corrected chi connectivity index (χ2v) is 6.85. The Labute approximate surface area is 164 Å². The van der Waals surface area contributed by atoms with Crippen molar-refractivity contribution < 1.29 is 44.6 Å². The topological polar surface area (TPSA) is 154 Å². The summed E-state index contributed by atoms with van der Waals surface area (Å²) in [5.41, 5.74) is -0.166. The van der Waals surface area contributed by atoms with Gasteiger partial charge in [-0.15, -0.1) is 0 Å². The third-order valence-electron chi connectivity index (χ3n) is 5.10. The van der Waals surface area contributed by atoms with Gasteiger partial charge in [-0.1, -0.05) is 24.3 Å². The number of benzene rings is 2. The van der Waals surface area contributed by atoms with Crippen molar-refractivity contribution in [2.45, 2.75) is 30.7 Å². The van der Waals surface area contributed by atoms with Crippen molar-refractivity contribution in [3.63, 3.8) is 0 Å². The van der Waals surface area contributed by atoms with Gasteiger partial charge in [-0.2, -0.15) is 0 Å². The molecular weight excluding hydrogens is 384 g/mol. The molecule has 5 atom stereocenters. The van der Waals surface area contributed by atoms with Crippen LogP contribution in [0.3, 0.4) is 0 Å². The van der Waals surface area contributed by atoms with Crippen LogP contribution in [-0.4, -0.2) is 74.4 Å². The van der Waals surface area contributed by atoms with E-state index in [0.717, 1.165) is 0 Å². The van der Waals surface area contributed by atoms with E-state index in [-0.39, 0.29) is 33.8 Å². The molecule has 2 aromatic rings. The number of hydrogen-bond acceptors (Lipinski definition) is 9. The van der Waals surface area contributed by atoms with Crippen molar-refractivity contribution in [3.05, 3.63) is 58.7 Å². The van der Waals surface area contributed by atoms with Crippen molar-refractivity contribution >= 4 is 11.6 Å². The summed E-state index contributed by atoms with van der Waals surface area (Å²) in [6.07, 6.45) is -7.62. The third kappa shape index (κ3) is 3.00. The molecule has 1 fully saturated rings. The predicted molar refractivity (Wildman–Crippen MR) is 95.8 cm³/mol. The molecule has 1 heterocycles. The van der Waals surface area contributed by atoms with Crippen molar-refractivity contribution in [2.24, 2.45) is 0 Å². The Morgan fingerprint density at radius 3 is 2.21 bits per heavy atom. The zero-order valence-electron chi connectivity index (χ0n) is 14.9. The van der Waals surface area contributed by atoms with E-state index in [2.05, 4.69) is 0 Å². The average molecular weight is 402 g/mol. The van der Waals surface area contributed by atoms with Gasteiger partial charge >= 0.3 is 0 Å². The highest BCUT2D eigenvalue weighted by atomic mass is 16.7. The summed E-state index contributed by atoms with van der Waals surface area (Å²) in [6, 6.07) is 8.45. The van der Waals surface area contributed by atoms with E-state index in [1.165, 1.54) is 36.4 Å². The largest absolute Gasteiger partial charge is 0.507 e. The van der Waals surface area contributed by atoms with Gasteiger partial charge in [-0.3, -0.25) is 9.59 Å². The Morgan fingerprint density at radius 1 is 0.862 bits per heavy atom. The molecule has 2 aliphatic rings. The van der Waals surface area contributed by atoms with Gasteiger partial charge in [-0.25, -0.2) is 0 Å². The molecule has 0 bridgehead atoms. The van der Waals surface area contributed by atoms with E-state index in [4.69, 9.17) is 9.47 Å². The minimum Gasteiger partial charge on any atom is -0.507 e. The second-order valence-electron chi connectivity index (χ2n) is 6.85. The maximum absolute atomic E-state index is 13.0. The number of rotatable bonds is 3. The van der Waals surface area contributed by atoms with Crippen LogP contribution in [0, 0.1) is 0 Å². The highest BCUT2D eigenvalue weighted by Crippen LogP contribution is 2.37. The molecule has 1 aliphatic heterocycles. The number of carbonyl (C=O) groups is 2. The van der Waals surface area contributed by atoms with Crippen molar-refractivity contribution in [2.75, 3.05) is 6.61 Å². The molecule has 2 aromatic carbocycles. The number of fused-ring (bicyclic) bond motifs is 2. The van der Waals surface area contributed by atoms with Gasteiger partial charge in [0.25, 0.3) is 0 Å². The molecule has 0 aromatic heterocycles.